The molecule has 3 aromatic rings. The van der Waals surface area contributed by atoms with Crippen molar-refractivity contribution in [1.29, 1.82) is 0 Å². The zero-order valence-corrected chi connectivity index (χ0v) is 37.7. The number of β-amino-alcohol motifs (C(OH)–C–C–N with tert-alkyl or cyclic N) is 1. The molecular weight excluding hydrogens is 807 g/mol. The predicted octanol–water partition coefficient (Wildman–Crippen LogP) is 5.49. The summed E-state index contributed by atoms with van der Waals surface area (Å²) >= 11 is 0. The Labute approximate surface area is 377 Å². The molecule has 9 rings (SSSR count). The lowest BCUT2D eigenvalue weighted by Gasteiger charge is -2.52. The van der Waals surface area contributed by atoms with Gasteiger partial charge in [-0.2, -0.15) is 0 Å². The third-order valence-corrected chi connectivity index (χ3v) is 16.5. The molecule has 1 aromatic heterocycles. The molecule has 64 heavy (non-hydrogen) atoms. The number of pyridine rings is 1. The first-order valence-electron chi connectivity index (χ1n) is 23.6. The molecule has 3 heterocycles. The average molecular weight is 874 g/mol. The van der Waals surface area contributed by atoms with Crippen LogP contribution < -0.4 is 16.4 Å². The van der Waals surface area contributed by atoms with Crippen molar-refractivity contribution in [3.63, 3.8) is 0 Å². The lowest BCUT2D eigenvalue weighted by Crippen LogP contribution is -2.60. The number of benzene rings is 2. The zero-order chi connectivity index (χ0) is 44.7. The maximum Gasteiger partial charge on any atom is 0.321 e. The van der Waals surface area contributed by atoms with Gasteiger partial charge in [-0.25, -0.2) is 14.6 Å². The number of carbonyl (C=O) groups excluding carboxylic acids is 4. The summed E-state index contributed by atoms with van der Waals surface area (Å²) in [4.78, 5) is 67.7. The lowest BCUT2D eigenvalue weighted by atomic mass is 9.67. The second kappa shape index (κ2) is 17.4. The molecule has 5 N–H and O–H groups in total. The van der Waals surface area contributed by atoms with E-state index in [1.165, 1.54) is 11.1 Å². The minimum absolute atomic E-state index is 0.0127. The van der Waals surface area contributed by atoms with Crippen LogP contribution in [0.3, 0.4) is 0 Å². The van der Waals surface area contributed by atoms with Crippen LogP contribution in [-0.4, -0.2) is 135 Å². The number of aromatic nitrogens is 1. The fourth-order valence-corrected chi connectivity index (χ4v) is 12.5. The first-order chi connectivity index (χ1) is 30.7. The fourth-order valence-electron chi connectivity index (χ4n) is 12.5. The molecule has 2 aliphatic heterocycles. The minimum Gasteiger partial charge on any atom is -0.388 e. The number of primary amides is 1. The van der Waals surface area contributed by atoms with Crippen molar-refractivity contribution in [2.24, 2.45) is 17.6 Å². The SMILES string of the molecule is CN(C)C1(c2ccccc2)CCC2(CC1)CN(CC(=O)Nc1ccccn1)C(=O)N2CC1CC(CNC2(c3ccccc3)CCC3(CC2)CN(CC(N)=O)C(=O)N3CC2(O)CCC2)C1. The van der Waals surface area contributed by atoms with E-state index in [-0.39, 0.29) is 54.2 Å². The Balaban J connectivity index is 0.875. The van der Waals surface area contributed by atoms with Crippen molar-refractivity contribution < 1.29 is 24.3 Å². The minimum atomic E-state index is -0.874. The molecule has 4 aliphatic carbocycles. The second-order valence-corrected chi connectivity index (χ2v) is 20.6. The highest BCUT2D eigenvalue weighted by Gasteiger charge is 2.58. The van der Waals surface area contributed by atoms with E-state index in [1.54, 1.807) is 28.1 Å². The molecule has 4 saturated carbocycles. The first-order valence-corrected chi connectivity index (χ1v) is 23.6. The maximum absolute atomic E-state index is 14.5. The molecule has 0 unspecified atom stereocenters. The summed E-state index contributed by atoms with van der Waals surface area (Å²) in [6, 6.07) is 26.5. The van der Waals surface area contributed by atoms with Crippen LogP contribution in [0.4, 0.5) is 15.4 Å². The number of hydrogen-bond donors (Lipinski definition) is 4. The first kappa shape index (κ1) is 44.2. The Morgan fingerprint density at radius 1 is 0.734 bits per heavy atom. The van der Waals surface area contributed by atoms with Gasteiger partial charge in [-0.3, -0.25) is 14.5 Å². The number of rotatable bonds is 15. The van der Waals surface area contributed by atoms with Crippen LogP contribution in [0.5, 0.6) is 0 Å². The van der Waals surface area contributed by atoms with Crippen molar-refractivity contribution in [2.75, 3.05) is 65.2 Å². The smallest absolute Gasteiger partial charge is 0.321 e. The van der Waals surface area contributed by atoms with E-state index in [4.69, 9.17) is 5.73 Å². The van der Waals surface area contributed by atoms with Gasteiger partial charge in [-0.05, 0) is 139 Å². The zero-order valence-electron chi connectivity index (χ0n) is 37.7. The van der Waals surface area contributed by atoms with E-state index in [1.807, 2.05) is 17.0 Å². The molecular formula is C50H67N9O5. The van der Waals surface area contributed by atoms with Crippen LogP contribution in [-0.2, 0) is 20.7 Å². The van der Waals surface area contributed by atoms with Gasteiger partial charge in [0.15, 0.2) is 0 Å². The monoisotopic (exact) mass is 874 g/mol. The van der Waals surface area contributed by atoms with E-state index in [0.29, 0.717) is 50.1 Å². The standard InChI is InChI=1S/C50H67N9O5/c1-55(2)50(40-14-7-4-8-15-40)25-21-46(22-26-50)34-57(33-43(61)54-42-16-9-10-27-52-42)44(62)58(46)31-38-28-37(29-38)30-53-49(39-12-5-3-6-13-39)23-19-47(20-24-49)35-56(32-41(51)60)45(63)59(47)36-48(64)17-11-18-48/h3-10,12-16,27,37-38,53,64H,11,17-26,28-36H2,1-2H3,(H2,51,60)(H,52,54,61). The summed E-state index contributed by atoms with van der Waals surface area (Å²) in [5.41, 5.74) is 6.02. The van der Waals surface area contributed by atoms with E-state index in [0.717, 1.165) is 77.2 Å². The van der Waals surface area contributed by atoms with Gasteiger partial charge in [0.25, 0.3) is 0 Å². The Morgan fingerprint density at radius 3 is 1.89 bits per heavy atom. The number of urea groups is 2. The average Bonchev–Trinajstić information content (AvgIpc) is 3.65. The van der Waals surface area contributed by atoms with Crippen LogP contribution in [0.15, 0.2) is 85.1 Å². The molecule has 0 bridgehead atoms. The third kappa shape index (κ3) is 8.37. The van der Waals surface area contributed by atoms with Gasteiger partial charge >= 0.3 is 12.1 Å². The summed E-state index contributed by atoms with van der Waals surface area (Å²) < 4.78 is 0. The molecule has 6 amide bonds. The Morgan fingerprint density at radius 2 is 1.31 bits per heavy atom. The van der Waals surface area contributed by atoms with Gasteiger partial charge in [0.1, 0.15) is 18.9 Å². The number of nitrogens with zero attached hydrogens (tertiary/aromatic N) is 6. The molecule has 6 fully saturated rings. The number of nitrogens with two attached hydrogens (primary N) is 1. The maximum atomic E-state index is 14.5. The molecule has 2 spiro atoms. The molecule has 6 aliphatic rings. The van der Waals surface area contributed by atoms with Crippen LogP contribution in [0.25, 0.3) is 0 Å². The number of anilines is 1. The van der Waals surface area contributed by atoms with E-state index < -0.39 is 17.0 Å². The van der Waals surface area contributed by atoms with Crippen molar-refractivity contribution in [2.45, 2.75) is 111 Å². The summed E-state index contributed by atoms with van der Waals surface area (Å²) in [7, 11) is 4.33. The number of amides is 6. The Kier molecular flexibility index (Phi) is 12.0. The number of hydrogen-bond acceptors (Lipinski definition) is 8. The Bertz CT molecular complexity index is 2150. The van der Waals surface area contributed by atoms with E-state index >= 15 is 0 Å². The summed E-state index contributed by atoms with van der Waals surface area (Å²) in [5.74, 6) is 0.516. The largest absolute Gasteiger partial charge is 0.388 e. The number of carbonyl (C=O) groups is 4. The van der Waals surface area contributed by atoms with Crippen molar-refractivity contribution in [3.05, 3.63) is 96.2 Å². The van der Waals surface area contributed by atoms with Crippen LogP contribution >= 0.6 is 0 Å². The van der Waals surface area contributed by atoms with Gasteiger partial charge in [-0.1, -0.05) is 66.7 Å². The number of nitrogens with one attached hydrogen (secondary N) is 2. The molecule has 14 heteroatoms. The summed E-state index contributed by atoms with van der Waals surface area (Å²) in [5, 5.41) is 18.2. The summed E-state index contributed by atoms with van der Waals surface area (Å²) in [6.07, 6.45) is 12.6. The predicted molar refractivity (Wildman–Crippen MR) is 245 cm³/mol. The number of aliphatic hydroxyl groups is 1. The Hall–Kier alpha value is -5.05. The molecule has 2 aromatic carbocycles. The van der Waals surface area contributed by atoms with Gasteiger partial charge in [0.2, 0.25) is 11.8 Å². The van der Waals surface area contributed by atoms with Crippen LogP contribution in [0, 0.1) is 11.8 Å². The highest BCUT2D eigenvalue weighted by Crippen LogP contribution is 2.51. The van der Waals surface area contributed by atoms with Crippen molar-refractivity contribution >= 4 is 29.7 Å². The van der Waals surface area contributed by atoms with Gasteiger partial charge in [0, 0.05) is 36.9 Å². The van der Waals surface area contributed by atoms with Crippen LogP contribution in [0.2, 0.25) is 0 Å². The van der Waals surface area contributed by atoms with Gasteiger partial charge in [-0.15, -0.1) is 0 Å². The third-order valence-electron chi connectivity index (χ3n) is 16.5. The van der Waals surface area contributed by atoms with Crippen molar-refractivity contribution in [1.82, 2.24) is 34.8 Å². The fraction of sp³-hybridized carbons (Fsp3) is 0.580. The van der Waals surface area contributed by atoms with Gasteiger partial charge in [0.05, 0.1) is 23.2 Å². The quantitative estimate of drug-likeness (QED) is 0.156. The van der Waals surface area contributed by atoms with Gasteiger partial charge < -0.3 is 41.1 Å². The molecule has 0 radical (unpaired) electrons. The lowest BCUT2D eigenvalue weighted by molar-refractivity contribution is -0.118. The van der Waals surface area contributed by atoms with E-state index in [9.17, 15) is 24.3 Å². The molecule has 14 nitrogen and oxygen atoms in total. The van der Waals surface area contributed by atoms with Crippen molar-refractivity contribution in [3.8, 4) is 0 Å². The highest BCUT2D eigenvalue weighted by molar-refractivity contribution is 5.94. The highest BCUT2D eigenvalue weighted by atomic mass is 16.3. The second-order valence-electron chi connectivity index (χ2n) is 20.6. The van der Waals surface area contributed by atoms with Crippen LogP contribution in [0.1, 0.15) is 94.6 Å². The molecule has 342 valence electrons. The molecule has 0 atom stereocenters. The molecule has 2 saturated heterocycles. The summed E-state index contributed by atoms with van der Waals surface area (Å²) in [6.45, 7) is 2.65. The topological polar surface area (TPSA) is 168 Å². The van der Waals surface area contributed by atoms with E-state index in [2.05, 4.69) is 94.1 Å². The normalized spacial score (nSPS) is 31.1.